The van der Waals surface area contributed by atoms with E-state index in [0.29, 0.717) is 6.04 Å². The van der Waals surface area contributed by atoms with Crippen molar-refractivity contribution in [2.75, 3.05) is 33.1 Å². The highest BCUT2D eigenvalue weighted by molar-refractivity contribution is 5.74. The van der Waals surface area contributed by atoms with Crippen molar-refractivity contribution in [3.63, 3.8) is 0 Å². The molecule has 0 spiro atoms. The molecule has 2 bridgehead atoms. The van der Waals surface area contributed by atoms with Gasteiger partial charge in [-0.1, -0.05) is 19.3 Å². The molecule has 2 amide bonds. The Bertz CT molecular complexity index is 306. The number of hydrogen-bond donors (Lipinski definition) is 3. The molecular weight excluding hydrogens is 242 g/mol. The summed E-state index contributed by atoms with van der Waals surface area (Å²) in [6, 6.07) is 0.658. The zero-order valence-electron chi connectivity index (χ0n) is 11.5. The van der Waals surface area contributed by atoms with Crippen LogP contribution in [0.15, 0.2) is 0 Å². The molecule has 0 aromatic heterocycles. The van der Waals surface area contributed by atoms with Crippen LogP contribution in [-0.4, -0.2) is 61.0 Å². The minimum atomic E-state index is 0.0206. The average molecular weight is 267 g/mol. The van der Waals surface area contributed by atoms with Gasteiger partial charge in [-0.25, -0.2) is 4.79 Å². The van der Waals surface area contributed by atoms with E-state index in [4.69, 9.17) is 0 Å². The second-order valence-electron chi connectivity index (χ2n) is 6.06. The molecule has 2 heterocycles. The lowest BCUT2D eigenvalue weighted by atomic mass is 9.96. The monoisotopic (exact) mass is 267 g/mol. The third-order valence-corrected chi connectivity index (χ3v) is 4.30. The van der Waals surface area contributed by atoms with Crippen molar-refractivity contribution in [3.05, 3.63) is 0 Å². The largest absolute Gasteiger partial charge is 0.335 e. The zero-order valence-corrected chi connectivity index (χ0v) is 11.5. The Kier molecular flexibility index (Phi) is 4.20. The molecule has 2 atom stereocenters. The molecule has 3 fully saturated rings. The van der Waals surface area contributed by atoms with E-state index in [-0.39, 0.29) is 12.1 Å². The zero-order chi connectivity index (χ0) is 13.1. The molecule has 0 radical (unpaired) electrons. The maximum absolute atomic E-state index is 12.0. The molecule has 1 saturated carbocycles. The van der Waals surface area contributed by atoms with Gasteiger partial charge in [-0.05, 0) is 12.8 Å². The van der Waals surface area contributed by atoms with Gasteiger partial charge in [0, 0.05) is 19.1 Å². The lowest BCUT2D eigenvalue weighted by molar-refractivity contribution is 0.0120. The van der Waals surface area contributed by atoms with Crippen LogP contribution in [0.2, 0.25) is 0 Å². The van der Waals surface area contributed by atoms with Crippen LogP contribution in [-0.2, 0) is 0 Å². The molecule has 0 aromatic rings. The van der Waals surface area contributed by atoms with Crippen LogP contribution < -0.4 is 16.0 Å². The molecule has 2 unspecified atom stereocenters. The number of urea groups is 1. The number of amides is 2. The number of fused-ring (bicyclic) bond motifs is 2. The van der Waals surface area contributed by atoms with E-state index in [0.717, 1.165) is 45.9 Å². The highest BCUT2D eigenvalue weighted by Gasteiger charge is 2.29. The maximum Gasteiger partial charge on any atom is 0.315 e. The summed E-state index contributed by atoms with van der Waals surface area (Å²) in [5.41, 5.74) is 0. The Balaban J connectivity index is 1.44. The number of carbonyl (C=O) groups excluding carboxylic acids is 1. The minimum absolute atomic E-state index is 0.0206. The van der Waals surface area contributed by atoms with Gasteiger partial charge >= 0.3 is 6.03 Å². The molecule has 108 valence electrons. The van der Waals surface area contributed by atoms with E-state index in [2.05, 4.69) is 25.8 Å². The van der Waals surface area contributed by atoms with Gasteiger partial charge in [0.15, 0.2) is 0 Å². The van der Waals surface area contributed by atoms with Crippen LogP contribution in [0.25, 0.3) is 0 Å². The Hall–Kier alpha value is -0.850. The van der Waals surface area contributed by atoms with Crippen LogP contribution >= 0.6 is 0 Å². The van der Waals surface area contributed by atoms with Crippen molar-refractivity contribution in [2.45, 2.75) is 44.2 Å². The van der Waals surface area contributed by atoms with E-state index in [9.17, 15) is 4.79 Å². The van der Waals surface area contributed by atoms with Crippen molar-refractivity contribution >= 4 is 6.03 Å². The molecule has 2 aliphatic heterocycles. The van der Waals surface area contributed by atoms with Gasteiger partial charge < -0.3 is 10.6 Å². The van der Waals surface area contributed by atoms with Crippen LogP contribution in [0.5, 0.6) is 0 Å². The first-order valence-electron chi connectivity index (χ1n) is 7.52. The number of hydrogen-bond acceptors (Lipinski definition) is 4. The molecular formula is C13H25N5O. The van der Waals surface area contributed by atoms with Crippen LogP contribution in [0.1, 0.15) is 32.1 Å². The maximum atomic E-state index is 12.0. The van der Waals surface area contributed by atoms with E-state index in [1.54, 1.807) is 0 Å². The molecule has 0 aromatic carbocycles. The number of nitrogens with zero attached hydrogens (tertiary/aromatic N) is 2. The molecule has 19 heavy (non-hydrogen) atoms. The summed E-state index contributed by atoms with van der Waals surface area (Å²) in [6.45, 7) is 4.77. The Morgan fingerprint density at radius 2 is 1.58 bits per heavy atom. The molecule has 3 rings (SSSR count). The Morgan fingerprint density at radius 3 is 2.26 bits per heavy atom. The number of rotatable bonds is 2. The van der Waals surface area contributed by atoms with E-state index < -0.39 is 0 Å². The standard InChI is InChI=1S/C13H25N5O/c19-13(15-11-4-2-1-3-5-11)16-12-6-17-8-14-9-18(7-12)10-17/h11-12,14H,1-10H2,(H2,15,16,19). The summed E-state index contributed by atoms with van der Waals surface area (Å²) >= 11 is 0. The average Bonchev–Trinajstić information content (AvgIpc) is 2.39. The first kappa shape index (κ1) is 13.1. The predicted molar refractivity (Wildman–Crippen MR) is 73.5 cm³/mol. The highest BCUT2D eigenvalue weighted by Crippen LogP contribution is 2.17. The van der Waals surface area contributed by atoms with Gasteiger partial charge in [0.2, 0.25) is 0 Å². The van der Waals surface area contributed by atoms with Crippen LogP contribution in [0.3, 0.4) is 0 Å². The smallest absolute Gasteiger partial charge is 0.315 e. The third-order valence-electron chi connectivity index (χ3n) is 4.30. The molecule has 3 N–H and O–H groups in total. The number of carbonyl (C=O) groups is 1. The van der Waals surface area contributed by atoms with Crippen molar-refractivity contribution in [2.24, 2.45) is 0 Å². The Morgan fingerprint density at radius 1 is 0.947 bits per heavy atom. The topological polar surface area (TPSA) is 59.6 Å². The summed E-state index contributed by atoms with van der Waals surface area (Å²) in [4.78, 5) is 16.7. The van der Waals surface area contributed by atoms with Gasteiger partial charge in [-0.15, -0.1) is 0 Å². The second-order valence-corrected chi connectivity index (χ2v) is 6.06. The van der Waals surface area contributed by atoms with Gasteiger partial charge in [-0.3, -0.25) is 15.1 Å². The molecule has 6 heteroatoms. The summed E-state index contributed by atoms with van der Waals surface area (Å²) in [7, 11) is 0. The molecule has 3 aliphatic rings. The lowest BCUT2D eigenvalue weighted by Crippen LogP contribution is -2.65. The summed E-state index contributed by atoms with van der Waals surface area (Å²) in [5, 5.41) is 9.61. The van der Waals surface area contributed by atoms with Crippen molar-refractivity contribution in [1.29, 1.82) is 0 Å². The first-order chi connectivity index (χ1) is 9.29. The summed E-state index contributed by atoms with van der Waals surface area (Å²) < 4.78 is 0. The molecule has 2 saturated heterocycles. The van der Waals surface area contributed by atoms with Gasteiger partial charge in [0.25, 0.3) is 0 Å². The van der Waals surface area contributed by atoms with Gasteiger partial charge in [-0.2, -0.15) is 0 Å². The van der Waals surface area contributed by atoms with Gasteiger partial charge in [0.05, 0.1) is 26.0 Å². The molecule has 6 nitrogen and oxygen atoms in total. The van der Waals surface area contributed by atoms with Crippen LogP contribution in [0.4, 0.5) is 4.79 Å². The van der Waals surface area contributed by atoms with Gasteiger partial charge in [0.1, 0.15) is 0 Å². The highest BCUT2D eigenvalue weighted by atomic mass is 16.2. The first-order valence-corrected chi connectivity index (χ1v) is 7.52. The minimum Gasteiger partial charge on any atom is -0.335 e. The van der Waals surface area contributed by atoms with Crippen LogP contribution in [0, 0.1) is 0 Å². The normalized spacial score (nSPS) is 35.7. The quantitative estimate of drug-likeness (QED) is 0.663. The summed E-state index contributed by atoms with van der Waals surface area (Å²) in [6.07, 6.45) is 6.10. The van der Waals surface area contributed by atoms with Crippen molar-refractivity contribution in [1.82, 2.24) is 25.8 Å². The fraction of sp³-hybridized carbons (Fsp3) is 0.923. The Labute approximate surface area is 114 Å². The van der Waals surface area contributed by atoms with E-state index >= 15 is 0 Å². The lowest BCUT2D eigenvalue weighted by Gasteiger charge is -2.44. The van der Waals surface area contributed by atoms with E-state index in [1.807, 2.05) is 0 Å². The van der Waals surface area contributed by atoms with E-state index in [1.165, 1.54) is 19.3 Å². The van der Waals surface area contributed by atoms with Crippen molar-refractivity contribution < 1.29 is 4.79 Å². The SMILES string of the molecule is O=C(NC1CCCCC1)NC1CN2CNCN(C1)C2. The second kappa shape index (κ2) is 6.07. The number of nitrogens with one attached hydrogen (secondary N) is 3. The summed E-state index contributed by atoms with van der Waals surface area (Å²) in [5.74, 6) is 0. The fourth-order valence-corrected chi connectivity index (χ4v) is 3.43. The predicted octanol–water partition coefficient (Wildman–Crippen LogP) is 0.0802. The third kappa shape index (κ3) is 3.58. The molecule has 1 aliphatic carbocycles. The fourth-order valence-electron chi connectivity index (χ4n) is 3.43. The van der Waals surface area contributed by atoms with Crippen molar-refractivity contribution in [3.8, 4) is 0 Å².